The number of hydrogen-bond acceptors (Lipinski definition) is 4. The summed E-state index contributed by atoms with van der Waals surface area (Å²) >= 11 is 5.96. The van der Waals surface area contributed by atoms with Crippen molar-refractivity contribution in [2.24, 2.45) is 0 Å². The quantitative estimate of drug-likeness (QED) is 0.755. The van der Waals surface area contributed by atoms with Crippen LogP contribution in [0.4, 0.5) is 4.39 Å². The minimum atomic E-state index is -0.902. The van der Waals surface area contributed by atoms with Crippen LogP contribution in [0.2, 0.25) is 5.02 Å². The summed E-state index contributed by atoms with van der Waals surface area (Å²) in [6, 6.07) is 12.0. The molecule has 8 heteroatoms. The maximum absolute atomic E-state index is 12.8. The molecule has 0 aromatic heterocycles. The SMILES string of the molecule is C[C@H](Oc1ccccc1Cl)C(=O)NNC(=O)[C@@H](C)Oc1ccc(F)cc1. The fourth-order valence-corrected chi connectivity index (χ4v) is 2.06. The minimum absolute atomic E-state index is 0.329. The van der Waals surface area contributed by atoms with Crippen LogP contribution >= 0.6 is 11.6 Å². The molecule has 0 aliphatic carbocycles. The molecule has 0 spiro atoms. The molecule has 2 amide bonds. The number of nitrogens with one attached hydrogen (secondary N) is 2. The zero-order valence-electron chi connectivity index (χ0n) is 14.2. The smallest absolute Gasteiger partial charge is 0.279 e. The van der Waals surface area contributed by atoms with Gasteiger partial charge in [0.2, 0.25) is 0 Å². The standard InChI is InChI=1S/C18H18ClFN2O4/c1-11(25-14-9-7-13(20)8-10-14)17(23)21-22-18(24)12(2)26-16-6-4-3-5-15(16)19/h3-12H,1-2H3,(H,21,23)(H,22,24)/t11-,12+/m1/s1. The number of benzene rings is 2. The number of carbonyl (C=O) groups excluding carboxylic acids is 2. The van der Waals surface area contributed by atoms with E-state index in [1.807, 2.05) is 0 Å². The van der Waals surface area contributed by atoms with Gasteiger partial charge in [0, 0.05) is 0 Å². The molecule has 6 nitrogen and oxygen atoms in total. The Labute approximate surface area is 155 Å². The van der Waals surface area contributed by atoms with Gasteiger partial charge in [0.25, 0.3) is 11.8 Å². The van der Waals surface area contributed by atoms with Crippen molar-refractivity contribution < 1.29 is 23.5 Å². The number of halogens is 2. The van der Waals surface area contributed by atoms with Crippen molar-refractivity contribution in [3.63, 3.8) is 0 Å². The van der Waals surface area contributed by atoms with E-state index in [9.17, 15) is 14.0 Å². The third-order valence-electron chi connectivity index (χ3n) is 3.31. The lowest BCUT2D eigenvalue weighted by Gasteiger charge is -2.18. The Hall–Kier alpha value is -2.80. The van der Waals surface area contributed by atoms with Crippen molar-refractivity contribution in [3.8, 4) is 11.5 Å². The normalized spacial score (nSPS) is 12.6. The van der Waals surface area contributed by atoms with E-state index in [1.54, 1.807) is 24.3 Å². The molecule has 0 bridgehead atoms. The van der Waals surface area contributed by atoms with E-state index in [2.05, 4.69) is 10.9 Å². The van der Waals surface area contributed by atoms with Gasteiger partial charge >= 0.3 is 0 Å². The second-order valence-electron chi connectivity index (χ2n) is 5.38. The Balaban J connectivity index is 1.81. The number of hydrazine groups is 1. The number of amides is 2. The number of para-hydroxylation sites is 1. The van der Waals surface area contributed by atoms with E-state index in [-0.39, 0.29) is 0 Å². The summed E-state index contributed by atoms with van der Waals surface area (Å²) in [4.78, 5) is 24.0. The van der Waals surface area contributed by atoms with E-state index in [0.29, 0.717) is 16.5 Å². The highest BCUT2D eigenvalue weighted by molar-refractivity contribution is 6.32. The molecule has 2 aromatic rings. The molecule has 2 aromatic carbocycles. The molecule has 2 rings (SSSR count). The van der Waals surface area contributed by atoms with Gasteiger partial charge in [-0.3, -0.25) is 20.4 Å². The molecule has 138 valence electrons. The molecule has 0 saturated carbocycles. The third-order valence-corrected chi connectivity index (χ3v) is 3.63. The molecule has 0 heterocycles. The fraction of sp³-hybridized carbons (Fsp3) is 0.222. The van der Waals surface area contributed by atoms with E-state index in [0.717, 1.165) is 0 Å². The van der Waals surface area contributed by atoms with Crippen LogP contribution in [0.25, 0.3) is 0 Å². The first-order valence-corrected chi connectivity index (χ1v) is 8.17. The van der Waals surface area contributed by atoms with Gasteiger partial charge in [-0.25, -0.2) is 4.39 Å². The molecular formula is C18H18ClFN2O4. The fourth-order valence-electron chi connectivity index (χ4n) is 1.88. The maximum atomic E-state index is 12.8. The van der Waals surface area contributed by atoms with Crippen molar-refractivity contribution >= 4 is 23.4 Å². The molecule has 2 N–H and O–H groups in total. The summed E-state index contributed by atoms with van der Waals surface area (Å²) in [5.41, 5.74) is 4.50. The molecule has 0 aliphatic heterocycles. The zero-order chi connectivity index (χ0) is 19.1. The Morgan fingerprint density at radius 3 is 2.04 bits per heavy atom. The van der Waals surface area contributed by atoms with Crippen molar-refractivity contribution in [1.29, 1.82) is 0 Å². The van der Waals surface area contributed by atoms with Crippen molar-refractivity contribution in [3.05, 3.63) is 59.4 Å². The average Bonchev–Trinajstić information content (AvgIpc) is 2.63. The van der Waals surface area contributed by atoms with Gasteiger partial charge in [-0.15, -0.1) is 0 Å². The molecule has 0 aliphatic rings. The summed E-state index contributed by atoms with van der Waals surface area (Å²) in [7, 11) is 0. The second kappa shape index (κ2) is 9.05. The summed E-state index contributed by atoms with van der Waals surface area (Å²) in [5.74, 6) is -0.860. The summed E-state index contributed by atoms with van der Waals surface area (Å²) in [6.07, 6.45) is -1.79. The highest BCUT2D eigenvalue weighted by Crippen LogP contribution is 2.24. The Morgan fingerprint density at radius 1 is 0.923 bits per heavy atom. The van der Waals surface area contributed by atoms with Crippen LogP contribution in [0, 0.1) is 5.82 Å². The van der Waals surface area contributed by atoms with Crippen LogP contribution in [0.5, 0.6) is 11.5 Å². The number of carbonyl (C=O) groups is 2. The van der Waals surface area contributed by atoms with Gasteiger partial charge in [0.1, 0.15) is 17.3 Å². The van der Waals surface area contributed by atoms with Crippen LogP contribution in [-0.2, 0) is 9.59 Å². The van der Waals surface area contributed by atoms with Gasteiger partial charge in [0.05, 0.1) is 5.02 Å². The van der Waals surface area contributed by atoms with E-state index < -0.39 is 29.8 Å². The predicted octanol–water partition coefficient (Wildman–Crippen LogP) is 2.86. The monoisotopic (exact) mass is 380 g/mol. The van der Waals surface area contributed by atoms with Crippen LogP contribution in [-0.4, -0.2) is 24.0 Å². The summed E-state index contributed by atoms with van der Waals surface area (Å²) in [6.45, 7) is 3.01. The molecule has 0 fully saturated rings. The molecule has 2 atom stereocenters. The van der Waals surface area contributed by atoms with Gasteiger partial charge in [0.15, 0.2) is 12.2 Å². The Morgan fingerprint density at radius 2 is 1.46 bits per heavy atom. The van der Waals surface area contributed by atoms with Gasteiger partial charge in [-0.1, -0.05) is 23.7 Å². The van der Waals surface area contributed by atoms with Crippen LogP contribution in [0.15, 0.2) is 48.5 Å². The Bertz CT molecular complexity index is 770. The summed E-state index contributed by atoms with van der Waals surface area (Å²) < 4.78 is 23.6. The molecule has 0 saturated heterocycles. The van der Waals surface area contributed by atoms with Gasteiger partial charge in [-0.2, -0.15) is 0 Å². The lowest BCUT2D eigenvalue weighted by atomic mass is 10.3. The first kappa shape index (κ1) is 19.5. The number of hydrogen-bond donors (Lipinski definition) is 2. The van der Waals surface area contributed by atoms with Crippen LogP contribution in [0.3, 0.4) is 0 Å². The average molecular weight is 381 g/mol. The first-order chi connectivity index (χ1) is 12.4. The van der Waals surface area contributed by atoms with Crippen LogP contribution < -0.4 is 20.3 Å². The molecule has 26 heavy (non-hydrogen) atoms. The van der Waals surface area contributed by atoms with Crippen molar-refractivity contribution in [2.45, 2.75) is 26.1 Å². The van der Waals surface area contributed by atoms with E-state index >= 15 is 0 Å². The number of rotatable bonds is 6. The first-order valence-electron chi connectivity index (χ1n) is 7.80. The van der Waals surface area contributed by atoms with Crippen molar-refractivity contribution in [2.75, 3.05) is 0 Å². The zero-order valence-corrected chi connectivity index (χ0v) is 14.9. The maximum Gasteiger partial charge on any atom is 0.279 e. The highest BCUT2D eigenvalue weighted by Gasteiger charge is 2.19. The predicted molar refractivity (Wildman–Crippen MR) is 94.3 cm³/mol. The topological polar surface area (TPSA) is 76.7 Å². The lowest BCUT2D eigenvalue weighted by molar-refractivity contribution is -0.135. The summed E-state index contributed by atoms with van der Waals surface area (Å²) in [5, 5.41) is 0.373. The largest absolute Gasteiger partial charge is 0.481 e. The van der Waals surface area contributed by atoms with E-state index in [1.165, 1.54) is 38.1 Å². The van der Waals surface area contributed by atoms with Gasteiger partial charge < -0.3 is 9.47 Å². The minimum Gasteiger partial charge on any atom is -0.481 e. The highest BCUT2D eigenvalue weighted by atomic mass is 35.5. The number of ether oxygens (including phenoxy) is 2. The third kappa shape index (κ3) is 5.63. The van der Waals surface area contributed by atoms with E-state index in [4.69, 9.17) is 21.1 Å². The molecular weight excluding hydrogens is 363 g/mol. The second-order valence-corrected chi connectivity index (χ2v) is 5.79. The molecule has 0 radical (unpaired) electrons. The lowest BCUT2D eigenvalue weighted by Crippen LogP contribution is -2.50. The van der Waals surface area contributed by atoms with Crippen LogP contribution in [0.1, 0.15) is 13.8 Å². The van der Waals surface area contributed by atoms with Gasteiger partial charge in [-0.05, 0) is 50.2 Å². The Kier molecular flexibility index (Phi) is 6.80. The molecule has 0 unspecified atom stereocenters. The van der Waals surface area contributed by atoms with Crippen molar-refractivity contribution in [1.82, 2.24) is 10.9 Å².